The van der Waals surface area contributed by atoms with Gasteiger partial charge in [-0.2, -0.15) is 0 Å². The highest BCUT2D eigenvalue weighted by molar-refractivity contribution is 7.90. The lowest BCUT2D eigenvalue weighted by Crippen LogP contribution is -2.36. The van der Waals surface area contributed by atoms with Gasteiger partial charge in [0, 0.05) is 11.4 Å². The minimum absolute atomic E-state index is 0.197. The van der Waals surface area contributed by atoms with Crippen molar-refractivity contribution >= 4 is 21.4 Å². The highest BCUT2D eigenvalue weighted by Crippen LogP contribution is 2.30. The van der Waals surface area contributed by atoms with Crippen LogP contribution in [0.5, 0.6) is 0 Å². The van der Waals surface area contributed by atoms with Crippen molar-refractivity contribution in [2.45, 2.75) is 51.7 Å². The van der Waals surface area contributed by atoms with E-state index in [1.54, 1.807) is 11.3 Å². The summed E-state index contributed by atoms with van der Waals surface area (Å²) >= 11 is 1.65. The molecular formula is C13H22N2O2S2. The maximum atomic E-state index is 12.2. The normalized spacial score (nSPS) is 23.9. The van der Waals surface area contributed by atoms with Gasteiger partial charge >= 0.3 is 0 Å². The Hall–Kier alpha value is -0.460. The Kier molecular flexibility index (Phi) is 4.63. The molecule has 0 spiro atoms. The Morgan fingerprint density at radius 2 is 2.11 bits per heavy atom. The van der Waals surface area contributed by atoms with E-state index in [1.165, 1.54) is 4.88 Å². The van der Waals surface area contributed by atoms with Crippen LogP contribution in [0, 0.1) is 19.8 Å². The second kappa shape index (κ2) is 5.89. The number of nitrogens with zero attached hydrogens (tertiary/aromatic N) is 1. The molecule has 1 aromatic heterocycles. The fourth-order valence-corrected chi connectivity index (χ4v) is 5.55. The molecule has 0 radical (unpaired) electrons. The average Bonchev–Trinajstić information content (AvgIpc) is 2.86. The Bertz CT molecular complexity index is 537. The number of aryl methyl sites for hydroxylation is 2. The van der Waals surface area contributed by atoms with Crippen molar-refractivity contribution in [2.75, 3.05) is 6.54 Å². The number of rotatable bonds is 5. The van der Waals surface area contributed by atoms with E-state index < -0.39 is 10.0 Å². The summed E-state index contributed by atoms with van der Waals surface area (Å²) in [5.74, 6) is 0.282. The molecule has 1 saturated carbocycles. The first-order valence-corrected chi connectivity index (χ1v) is 9.18. The SMILES string of the molecule is Cc1nc(C)c(CCNS(=O)(=O)C2CCCC2C)s1. The summed E-state index contributed by atoms with van der Waals surface area (Å²) in [7, 11) is -3.15. The van der Waals surface area contributed by atoms with Crippen LogP contribution in [0.25, 0.3) is 0 Å². The van der Waals surface area contributed by atoms with Gasteiger partial charge in [-0.1, -0.05) is 13.3 Å². The quantitative estimate of drug-likeness (QED) is 0.908. The summed E-state index contributed by atoms with van der Waals surface area (Å²) in [6.07, 6.45) is 3.59. The molecule has 0 aliphatic heterocycles. The van der Waals surface area contributed by atoms with Crippen LogP contribution in [0.4, 0.5) is 0 Å². The molecule has 1 N–H and O–H groups in total. The van der Waals surface area contributed by atoms with Crippen molar-refractivity contribution in [3.05, 3.63) is 15.6 Å². The summed E-state index contributed by atoms with van der Waals surface area (Å²) in [5, 5.41) is 0.844. The van der Waals surface area contributed by atoms with E-state index in [2.05, 4.69) is 9.71 Å². The minimum Gasteiger partial charge on any atom is -0.247 e. The van der Waals surface area contributed by atoms with E-state index in [0.29, 0.717) is 6.54 Å². The molecule has 1 aromatic rings. The summed E-state index contributed by atoms with van der Waals surface area (Å²) in [6.45, 7) is 6.47. The van der Waals surface area contributed by atoms with E-state index in [0.717, 1.165) is 36.4 Å². The van der Waals surface area contributed by atoms with Crippen molar-refractivity contribution in [2.24, 2.45) is 5.92 Å². The number of sulfonamides is 1. The third-order valence-corrected chi connectivity index (χ3v) is 7.07. The smallest absolute Gasteiger partial charge is 0.214 e. The zero-order valence-corrected chi connectivity index (χ0v) is 13.4. The van der Waals surface area contributed by atoms with Gasteiger partial charge < -0.3 is 0 Å². The molecule has 1 heterocycles. The second-order valence-corrected chi connectivity index (χ2v) is 8.65. The van der Waals surface area contributed by atoms with Gasteiger partial charge in [-0.3, -0.25) is 0 Å². The van der Waals surface area contributed by atoms with E-state index in [1.807, 2.05) is 20.8 Å². The first-order chi connectivity index (χ1) is 8.90. The predicted octanol–water partition coefficient (Wildman–Crippen LogP) is 2.41. The lowest BCUT2D eigenvalue weighted by molar-refractivity contribution is 0.533. The maximum Gasteiger partial charge on any atom is 0.214 e. The van der Waals surface area contributed by atoms with E-state index in [4.69, 9.17) is 0 Å². The topological polar surface area (TPSA) is 59.1 Å². The molecule has 0 amide bonds. The van der Waals surface area contributed by atoms with Crippen LogP contribution in [-0.2, 0) is 16.4 Å². The zero-order chi connectivity index (χ0) is 14.0. The summed E-state index contributed by atoms with van der Waals surface area (Å²) in [6, 6.07) is 0. The van der Waals surface area contributed by atoms with Crippen LogP contribution in [0.15, 0.2) is 0 Å². The largest absolute Gasteiger partial charge is 0.247 e. The molecule has 108 valence electrons. The molecule has 6 heteroatoms. The maximum absolute atomic E-state index is 12.2. The molecule has 1 fully saturated rings. The fraction of sp³-hybridized carbons (Fsp3) is 0.769. The minimum atomic E-state index is -3.15. The van der Waals surface area contributed by atoms with Gasteiger partial charge in [0.05, 0.1) is 16.0 Å². The molecule has 0 bridgehead atoms. The highest BCUT2D eigenvalue weighted by Gasteiger charge is 2.34. The Morgan fingerprint density at radius 1 is 1.37 bits per heavy atom. The van der Waals surface area contributed by atoms with Gasteiger partial charge in [-0.15, -0.1) is 11.3 Å². The number of hydrogen-bond donors (Lipinski definition) is 1. The van der Waals surface area contributed by atoms with Crippen molar-refractivity contribution < 1.29 is 8.42 Å². The molecule has 2 unspecified atom stereocenters. The van der Waals surface area contributed by atoms with E-state index in [9.17, 15) is 8.42 Å². The monoisotopic (exact) mass is 302 g/mol. The number of hydrogen-bond acceptors (Lipinski definition) is 4. The average molecular weight is 302 g/mol. The van der Waals surface area contributed by atoms with Crippen LogP contribution in [0.1, 0.15) is 41.8 Å². The van der Waals surface area contributed by atoms with E-state index >= 15 is 0 Å². The van der Waals surface area contributed by atoms with Gasteiger partial charge in [0.15, 0.2) is 0 Å². The highest BCUT2D eigenvalue weighted by atomic mass is 32.2. The number of aromatic nitrogens is 1. The summed E-state index contributed by atoms with van der Waals surface area (Å²) in [5.41, 5.74) is 1.02. The third-order valence-electron chi connectivity index (χ3n) is 3.84. The van der Waals surface area contributed by atoms with Gasteiger partial charge in [0.25, 0.3) is 0 Å². The van der Waals surface area contributed by atoms with E-state index in [-0.39, 0.29) is 11.2 Å². The molecule has 4 nitrogen and oxygen atoms in total. The lowest BCUT2D eigenvalue weighted by Gasteiger charge is -2.16. The zero-order valence-electron chi connectivity index (χ0n) is 11.8. The molecular weight excluding hydrogens is 280 g/mol. The lowest BCUT2D eigenvalue weighted by atomic mass is 10.1. The first-order valence-electron chi connectivity index (χ1n) is 6.81. The third kappa shape index (κ3) is 3.55. The molecule has 2 rings (SSSR count). The van der Waals surface area contributed by atoms with Crippen molar-refractivity contribution in [1.29, 1.82) is 0 Å². The molecule has 0 aromatic carbocycles. The fourth-order valence-electron chi connectivity index (χ4n) is 2.79. The molecule has 1 aliphatic carbocycles. The van der Waals surface area contributed by atoms with Gasteiger partial charge in [-0.25, -0.2) is 18.1 Å². The van der Waals surface area contributed by atoms with Crippen molar-refractivity contribution in [3.63, 3.8) is 0 Å². The van der Waals surface area contributed by atoms with Crippen LogP contribution >= 0.6 is 11.3 Å². The standard InChI is InChI=1S/C13H22N2O2S2/c1-9-5-4-6-13(9)19(16,17)14-8-7-12-10(2)15-11(3)18-12/h9,13-14H,4-8H2,1-3H3. The second-order valence-electron chi connectivity index (χ2n) is 5.38. The first kappa shape index (κ1) is 14.9. The Balaban J connectivity index is 1.90. The predicted molar refractivity (Wildman–Crippen MR) is 79.0 cm³/mol. The van der Waals surface area contributed by atoms with Crippen LogP contribution in [-0.4, -0.2) is 25.2 Å². The van der Waals surface area contributed by atoms with Crippen molar-refractivity contribution in [1.82, 2.24) is 9.71 Å². The Morgan fingerprint density at radius 3 is 2.63 bits per heavy atom. The Labute approximate surface area is 119 Å². The van der Waals surface area contributed by atoms with Gasteiger partial charge in [0.1, 0.15) is 0 Å². The molecule has 0 saturated heterocycles. The van der Waals surface area contributed by atoms with Crippen LogP contribution < -0.4 is 4.72 Å². The van der Waals surface area contributed by atoms with Crippen LogP contribution in [0.3, 0.4) is 0 Å². The molecule has 19 heavy (non-hydrogen) atoms. The van der Waals surface area contributed by atoms with Crippen molar-refractivity contribution in [3.8, 4) is 0 Å². The number of nitrogens with one attached hydrogen (secondary N) is 1. The molecule has 1 aliphatic rings. The summed E-state index contributed by atoms with van der Waals surface area (Å²) in [4.78, 5) is 5.54. The summed E-state index contributed by atoms with van der Waals surface area (Å²) < 4.78 is 27.2. The van der Waals surface area contributed by atoms with Crippen LogP contribution in [0.2, 0.25) is 0 Å². The number of thiazole rings is 1. The van der Waals surface area contributed by atoms with Gasteiger partial charge in [0.2, 0.25) is 10.0 Å². The molecule has 2 atom stereocenters. The van der Waals surface area contributed by atoms with Gasteiger partial charge in [-0.05, 0) is 39.0 Å².